The van der Waals surface area contributed by atoms with Crippen LogP contribution in [-0.4, -0.2) is 13.0 Å². The molecule has 0 aromatic heterocycles. The minimum atomic E-state index is -0.0670. The number of ether oxygens (including phenoxy) is 1. The highest BCUT2D eigenvalue weighted by atomic mass is 79.9. The highest BCUT2D eigenvalue weighted by molar-refractivity contribution is 9.10. The predicted molar refractivity (Wildman–Crippen MR) is 79.5 cm³/mol. The third-order valence-electron chi connectivity index (χ3n) is 2.64. The van der Waals surface area contributed by atoms with Crippen molar-refractivity contribution in [2.75, 3.05) is 12.4 Å². The molecule has 0 aliphatic rings. The summed E-state index contributed by atoms with van der Waals surface area (Å²) >= 11 is 3.38. The van der Waals surface area contributed by atoms with Crippen molar-refractivity contribution < 1.29 is 9.53 Å². The summed E-state index contributed by atoms with van der Waals surface area (Å²) in [5.41, 5.74) is 1.65. The molecule has 0 aliphatic heterocycles. The Morgan fingerprint density at radius 3 is 2.63 bits per heavy atom. The third kappa shape index (κ3) is 3.83. The molecule has 4 heteroatoms. The van der Waals surface area contributed by atoms with E-state index in [9.17, 15) is 4.79 Å². The van der Waals surface area contributed by atoms with E-state index >= 15 is 0 Å². The van der Waals surface area contributed by atoms with E-state index in [0.29, 0.717) is 17.9 Å². The maximum atomic E-state index is 12.0. The minimum Gasteiger partial charge on any atom is -0.495 e. The Labute approximate surface area is 120 Å². The smallest absolute Gasteiger partial charge is 0.228 e. The molecule has 0 bridgehead atoms. The molecule has 3 nitrogen and oxygen atoms in total. The summed E-state index contributed by atoms with van der Waals surface area (Å²) in [5, 5.41) is 2.86. The van der Waals surface area contributed by atoms with Crippen LogP contribution in [0.15, 0.2) is 53.0 Å². The van der Waals surface area contributed by atoms with Crippen molar-refractivity contribution in [3.63, 3.8) is 0 Å². The van der Waals surface area contributed by atoms with Crippen LogP contribution < -0.4 is 10.1 Å². The number of rotatable bonds is 4. The molecule has 0 saturated carbocycles. The molecule has 0 saturated heterocycles. The molecular formula is C15H14BrNO2. The average molecular weight is 320 g/mol. The summed E-state index contributed by atoms with van der Waals surface area (Å²) in [4.78, 5) is 12.0. The molecule has 98 valence electrons. The topological polar surface area (TPSA) is 38.3 Å². The Balaban J connectivity index is 2.09. The van der Waals surface area contributed by atoms with Crippen LogP contribution in [0.1, 0.15) is 5.56 Å². The molecule has 2 rings (SSSR count). The van der Waals surface area contributed by atoms with Gasteiger partial charge in [-0.2, -0.15) is 0 Å². The first-order chi connectivity index (χ1) is 9.19. The van der Waals surface area contributed by atoms with Gasteiger partial charge in [0, 0.05) is 4.47 Å². The van der Waals surface area contributed by atoms with Crippen molar-refractivity contribution in [3.8, 4) is 5.75 Å². The molecule has 19 heavy (non-hydrogen) atoms. The number of nitrogens with one attached hydrogen (secondary N) is 1. The fourth-order valence-electron chi connectivity index (χ4n) is 1.75. The number of hydrogen-bond donors (Lipinski definition) is 1. The van der Waals surface area contributed by atoms with E-state index in [4.69, 9.17) is 4.74 Å². The van der Waals surface area contributed by atoms with Gasteiger partial charge in [-0.25, -0.2) is 0 Å². The predicted octanol–water partition coefficient (Wildman–Crippen LogP) is 3.64. The van der Waals surface area contributed by atoms with Crippen LogP contribution in [0.5, 0.6) is 5.75 Å². The highest BCUT2D eigenvalue weighted by Gasteiger charge is 2.08. The van der Waals surface area contributed by atoms with Crippen molar-refractivity contribution in [1.82, 2.24) is 0 Å². The minimum absolute atomic E-state index is 0.0670. The Bertz CT molecular complexity index is 570. The Morgan fingerprint density at radius 1 is 1.21 bits per heavy atom. The van der Waals surface area contributed by atoms with Gasteiger partial charge in [-0.05, 0) is 23.8 Å². The first-order valence-corrected chi connectivity index (χ1v) is 6.65. The summed E-state index contributed by atoms with van der Waals surface area (Å²) in [6.45, 7) is 0. The molecule has 0 radical (unpaired) electrons. The standard InChI is InChI=1S/C15H14BrNO2/c1-19-14-8-7-12(16)10-13(14)17-15(18)9-11-5-3-2-4-6-11/h2-8,10H,9H2,1H3,(H,17,18). The lowest BCUT2D eigenvalue weighted by Gasteiger charge is -2.10. The van der Waals surface area contributed by atoms with Gasteiger partial charge in [-0.1, -0.05) is 46.3 Å². The van der Waals surface area contributed by atoms with Gasteiger partial charge in [-0.3, -0.25) is 4.79 Å². The van der Waals surface area contributed by atoms with Crippen LogP contribution in [0.4, 0.5) is 5.69 Å². The van der Waals surface area contributed by atoms with Crippen LogP contribution in [-0.2, 0) is 11.2 Å². The van der Waals surface area contributed by atoms with E-state index in [-0.39, 0.29) is 5.91 Å². The van der Waals surface area contributed by atoms with Crippen LogP contribution in [0.2, 0.25) is 0 Å². The lowest BCUT2D eigenvalue weighted by atomic mass is 10.1. The van der Waals surface area contributed by atoms with E-state index in [1.807, 2.05) is 48.5 Å². The van der Waals surface area contributed by atoms with E-state index in [1.54, 1.807) is 7.11 Å². The van der Waals surface area contributed by atoms with Gasteiger partial charge in [0.25, 0.3) is 0 Å². The van der Waals surface area contributed by atoms with Crippen LogP contribution in [0, 0.1) is 0 Å². The summed E-state index contributed by atoms with van der Waals surface area (Å²) in [5.74, 6) is 0.576. The zero-order valence-electron chi connectivity index (χ0n) is 10.5. The van der Waals surface area contributed by atoms with Gasteiger partial charge >= 0.3 is 0 Å². The quantitative estimate of drug-likeness (QED) is 0.934. The van der Waals surface area contributed by atoms with Gasteiger partial charge in [0.1, 0.15) is 5.75 Å². The summed E-state index contributed by atoms with van der Waals surface area (Å²) in [6.07, 6.45) is 0.344. The first kappa shape index (κ1) is 13.6. The summed E-state index contributed by atoms with van der Waals surface area (Å²) in [7, 11) is 1.58. The van der Waals surface area contributed by atoms with Gasteiger partial charge < -0.3 is 10.1 Å². The Kier molecular flexibility index (Phi) is 4.58. The fraction of sp³-hybridized carbons (Fsp3) is 0.133. The molecule has 0 fully saturated rings. The maximum Gasteiger partial charge on any atom is 0.228 e. The average Bonchev–Trinajstić information content (AvgIpc) is 2.40. The van der Waals surface area contributed by atoms with Crippen molar-refractivity contribution in [2.24, 2.45) is 0 Å². The first-order valence-electron chi connectivity index (χ1n) is 5.86. The zero-order chi connectivity index (χ0) is 13.7. The lowest BCUT2D eigenvalue weighted by molar-refractivity contribution is -0.115. The van der Waals surface area contributed by atoms with Crippen molar-refractivity contribution in [3.05, 3.63) is 58.6 Å². The van der Waals surface area contributed by atoms with Crippen molar-refractivity contribution >= 4 is 27.5 Å². The number of carbonyl (C=O) groups excluding carboxylic acids is 1. The normalized spacial score (nSPS) is 10.0. The second-order valence-electron chi connectivity index (χ2n) is 4.06. The number of hydrogen-bond acceptors (Lipinski definition) is 2. The van der Waals surface area contributed by atoms with Crippen LogP contribution in [0.25, 0.3) is 0 Å². The second kappa shape index (κ2) is 6.38. The number of methoxy groups -OCH3 is 1. The van der Waals surface area contributed by atoms with E-state index in [1.165, 1.54) is 0 Å². The van der Waals surface area contributed by atoms with Crippen molar-refractivity contribution in [2.45, 2.75) is 6.42 Å². The highest BCUT2D eigenvalue weighted by Crippen LogP contribution is 2.27. The molecular weight excluding hydrogens is 306 g/mol. The van der Waals surface area contributed by atoms with Crippen LogP contribution >= 0.6 is 15.9 Å². The zero-order valence-corrected chi connectivity index (χ0v) is 12.1. The van der Waals surface area contributed by atoms with Crippen molar-refractivity contribution in [1.29, 1.82) is 0 Å². The number of carbonyl (C=O) groups is 1. The fourth-order valence-corrected chi connectivity index (χ4v) is 2.11. The van der Waals surface area contributed by atoms with Gasteiger partial charge in [-0.15, -0.1) is 0 Å². The second-order valence-corrected chi connectivity index (χ2v) is 4.97. The lowest BCUT2D eigenvalue weighted by Crippen LogP contribution is -2.15. The largest absolute Gasteiger partial charge is 0.495 e. The molecule has 0 aliphatic carbocycles. The monoisotopic (exact) mass is 319 g/mol. The van der Waals surface area contributed by atoms with E-state index in [2.05, 4.69) is 21.2 Å². The molecule has 1 amide bonds. The number of amides is 1. The molecule has 0 unspecified atom stereocenters. The molecule has 1 N–H and O–H groups in total. The SMILES string of the molecule is COc1ccc(Br)cc1NC(=O)Cc1ccccc1. The van der Waals surface area contributed by atoms with Gasteiger partial charge in [0.05, 0.1) is 19.2 Å². The Morgan fingerprint density at radius 2 is 1.95 bits per heavy atom. The Hall–Kier alpha value is -1.81. The molecule has 0 heterocycles. The van der Waals surface area contributed by atoms with E-state index < -0.39 is 0 Å². The number of benzene rings is 2. The third-order valence-corrected chi connectivity index (χ3v) is 3.14. The van der Waals surface area contributed by atoms with Gasteiger partial charge in [0.15, 0.2) is 0 Å². The summed E-state index contributed by atoms with van der Waals surface area (Å²) in [6, 6.07) is 15.1. The molecule has 2 aromatic rings. The van der Waals surface area contributed by atoms with Crippen LogP contribution in [0.3, 0.4) is 0 Å². The molecule has 2 aromatic carbocycles. The maximum absolute atomic E-state index is 12.0. The number of anilines is 1. The molecule has 0 spiro atoms. The van der Waals surface area contributed by atoms with E-state index in [0.717, 1.165) is 10.0 Å². The molecule has 0 atom stereocenters. The number of halogens is 1. The summed E-state index contributed by atoms with van der Waals surface area (Å²) < 4.78 is 6.11. The van der Waals surface area contributed by atoms with Gasteiger partial charge in [0.2, 0.25) is 5.91 Å².